The second kappa shape index (κ2) is 4.45. The highest BCUT2D eigenvalue weighted by Gasteiger charge is 2.08. The zero-order chi connectivity index (χ0) is 11.5. The van der Waals surface area contributed by atoms with Gasteiger partial charge in [0.15, 0.2) is 6.29 Å². The molecule has 0 bridgehead atoms. The molecule has 16 heavy (non-hydrogen) atoms. The first kappa shape index (κ1) is 10.8. The number of benzene rings is 1. The molecule has 0 aliphatic carbocycles. The van der Waals surface area contributed by atoms with E-state index in [0.717, 1.165) is 30.3 Å². The number of carbonyl (C=O) groups is 1. The van der Waals surface area contributed by atoms with Gasteiger partial charge in [-0.2, -0.15) is 5.10 Å². The fraction of sp³-hybridized carbons (Fsp3) is 0.333. The molecule has 0 amide bonds. The van der Waals surface area contributed by atoms with E-state index in [-0.39, 0.29) is 0 Å². The second-order valence-electron chi connectivity index (χ2n) is 4.05. The zero-order valence-electron chi connectivity index (χ0n) is 9.55. The van der Waals surface area contributed by atoms with Crippen molar-refractivity contribution in [3.8, 4) is 0 Å². The van der Waals surface area contributed by atoms with Crippen LogP contribution in [0.15, 0.2) is 24.3 Å². The average Bonchev–Trinajstić information content (AvgIpc) is 2.65. The lowest BCUT2D eigenvalue weighted by molar-refractivity contribution is 0.111. The summed E-state index contributed by atoms with van der Waals surface area (Å²) in [6, 6.07) is 7.81. The number of aldehydes is 1. The van der Waals surface area contributed by atoms with Gasteiger partial charge in [0.1, 0.15) is 5.69 Å². The van der Waals surface area contributed by atoms with E-state index in [2.05, 4.69) is 10.00 Å². The number of fused-ring (bicyclic) bond motifs is 1. The summed E-state index contributed by atoms with van der Waals surface area (Å²) >= 11 is 0. The summed E-state index contributed by atoms with van der Waals surface area (Å²) in [6.45, 7) is 1.70. The highest BCUT2D eigenvalue weighted by molar-refractivity contribution is 5.95. The molecule has 1 heterocycles. The Morgan fingerprint density at radius 1 is 1.38 bits per heavy atom. The Labute approximate surface area is 94.5 Å². The van der Waals surface area contributed by atoms with Crippen LogP contribution in [-0.4, -0.2) is 41.6 Å². The lowest BCUT2D eigenvalue weighted by Crippen LogP contribution is -2.19. The van der Waals surface area contributed by atoms with Crippen LogP contribution in [0, 0.1) is 0 Å². The van der Waals surface area contributed by atoms with E-state index in [1.807, 2.05) is 43.0 Å². The van der Waals surface area contributed by atoms with Crippen LogP contribution in [0.2, 0.25) is 0 Å². The van der Waals surface area contributed by atoms with Gasteiger partial charge < -0.3 is 4.90 Å². The number of hydrogen-bond donors (Lipinski definition) is 0. The molecule has 2 rings (SSSR count). The molecule has 0 unspecified atom stereocenters. The van der Waals surface area contributed by atoms with E-state index in [4.69, 9.17) is 0 Å². The maximum Gasteiger partial charge on any atom is 0.170 e. The SMILES string of the molecule is CN(C)CCn1nc(C=O)c2ccccc21. The third-order valence-electron chi connectivity index (χ3n) is 2.56. The molecule has 0 fully saturated rings. The molecule has 0 spiro atoms. The summed E-state index contributed by atoms with van der Waals surface area (Å²) in [4.78, 5) is 13.0. The Morgan fingerprint density at radius 2 is 2.12 bits per heavy atom. The first-order chi connectivity index (χ1) is 7.72. The molecule has 1 aromatic carbocycles. The molecule has 0 saturated heterocycles. The maximum atomic E-state index is 10.9. The molecule has 0 aliphatic rings. The predicted octanol–water partition coefficient (Wildman–Crippen LogP) is 1.41. The number of hydrogen-bond acceptors (Lipinski definition) is 3. The molecular weight excluding hydrogens is 202 g/mol. The molecule has 1 aromatic heterocycles. The Hall–Kier alpha value is -1.68. The van der Waals surface area contributed by atoms with Gasteiger partial charge in [0.25, 0.3) is 0 Å². The van der Waals surface area contributed by atoms with E-state index >= 15 is 0 Å². The van der Waals surface area contributed by atoms with Crippen LogP contribution in [0.5, 0.6) is 0 Å². The Bertz CT molecular complexity index is 502. The summed E-state index contributed by atoms with van der Waals surface area (Å²) in [6.07, 6.45) is 0.814. The van der Waals surface area contributed by atoms with E-state index in [1.165, 1.54) is 0 Å². The molecule has 0 saturated carbocycles. The Kier molecular flexibility index (Phi) is 3.01. The van der Waals surface area contributed by atoms with Gasteiger partial charge in [-0.3, -0.25) is 9.48 Å². The minimum absolute atomic E-state index is 0.523. The summed E-state index contributed by atoms with van der Waals surface area (Å²) in [5, 5.41) is 5.23. The van der Waals surface area contributed by atoms with Crippen molar-refractivity contribution in [2.45, 2.75) is 6.54 Å². The average molecular weight is 217 g/mol. The molecule has 0 N–H and O–H groups in total. The van der Waals surface area contributed by atoms with Gasteiger partial charge in [0, 0.05) is 11.9 Å². The van der Waals surface area contributed by atoms with Crippen LogP contribution in [0.4, 0.5) is 0 Å². The van der Waals surface area contributed by atoms with E-state index < -0.39 is 0 Å². The highest BCUT2D eigenvalue weighted by atomic mass is 16.1. The van der Waals surface area contributed by atoms with Crippen molar-refractivity contribution in [3.05, 3.63) is 30.0 Å². The Morgan fingerprint density at radius 3 is 2.81 bits per heavy atom. The standard InChI is InChI=1S/C12H15N3O/c1-14(2)7-8-15-12-6-4-3-5-10(12)11(9-16)13-15/h3-6,9H,7-8H2,1-2H3. The lowest BCUT2D eigenvalue weighted by Gasteiger charge is -2.09. The van der Waals surface area contributed by atoms with E-state index in [9.17, 15) is 4.79 Å². The largest absolute Gasteiger partial charge is 0.308 e. The fourth-order valence-electron chi connectivity index (χ4n) is 1.71. The topological polar surface area (TPSA) is 38.1 Å². The van der Waals surface area contributed by atoms with Crippen molar-refractivity contribution >= 4 is 17.2 Å². The van der Waals surface area contributed by atoms with Crippen molar-refractivity contribution in [3.63, 3.8) is 0 Å². The van der Waals surface area contributed by atoms with Crippen molar-refractivity contribution in [2.24, 2.45) is 0 Å². The molecule has 2 aromatic rings. The van der Waals surface area contributed by atoms with Gasteiger partial charge in [-0.25, -0.2) is 0 Å². The van der Waals surface area contributed by atoms with Gasteiger partial charge in [-0.1, -0.05) is 18.2 Å². The molecular formula is C12H15N3O. The van der Waals surface area contributed by atoms with E-state index in [0.29, 0.717) is 5.69 Å². The molecule has 4 nitrogen and oxygen atoms in total. The van der Waals surface area contributed by atoms with Gasteiger partial charge in [-0.05, 0) is 20.2 Å². The third kappa shape index (κ3) is 1.97. The smallest absolute Gasteiger partial charge is 0.170 e. The normalized spacial score (nSPS) is 11.2. The van der Waals surface area contributed by atoms with Crippen LogP contribution in [0.25, 0.3) is 10.9 Å². The van der Waals surface area contributed by atoms with Crippen molar-refractivity contribution < 1.29 is 4.79 Å². The number of likely N-dealkylation sites (N-methyl/N-ethyl adjacent to an activating group) is 1. The Balaban J connectivity index is 2.41. The highest BCUT2D eigenvalue weighted by Crippen LogP contribution is 2.16. The lowest BCUT2D eigenvalue weighted by atomic mass is 10.2. The molecule has 0 aliphatic heterocycles. The first-order valence-electron chi connectivity index (χ1n) is 5.28. The monoisotopic (exact) mass is 217 g/mol. The predicted molar refractivity (Wildman–Crippen MR) is 63.7 cm³/mol. The van der Waals surface area contributed by atoms with Crippen LogP contribution in [0.1, 0.15) is 10.5 Å². The van der Waals surface area contributed by atoms with Gasteiger partial charge in [-0.15, -0.1) is 0 Å². The molecule has 84 valence electrons. The van der Waals surface area contributed by atoms with E-state index in [1.54, 1.807) is 0 Å². The quantitative estimate of drug-likeness (QED) is 0.727. The maximum absolute atomic E-state index is 10.9. The summed E-state index contributed by atoms with van der Waals surface area (Å²) < 4.78 is 1.89. The van der Waals surface area contributed by atoms with Crippen molar-refractivity contribution in [2.75, 3.05) is 20.6 Å². The first-order valence-corrected chi connectivity index (χ1v) is 5.28. The minimum atomic E-state index is 0.523. The van der Waals surface area contributed by atoms with Crippen LogP contribution in [0.3, 0.4) is 0 Å². The van der Waals surface area contributed by atoms with Crippen molar-refractivity contribution in [1.82, 2.24) is 14.7 Å². The second-order valence-corrected chi connectivity index (χ2v) is 4.05. The number of carbonyl (C=O) groups excluding carboxylic acids is 1. The summed E-state index contributed by atoms with van der Waals surface area (Å²) in [5.41, 5.74) is 1.54. The number of rotatable bonds is 4. The van der Waals surface area contributed by atoms with Crippen molar-refractivity contribution in [1.29, 1.82) is 0 Å². The van der Waals surface area contributed by atoms with Gasteiger partial charge in [0.2, 0.25) is 0 Å². The van der Waals surface area contributed by atoms with Crippen LogP contribution in [-0.2, 0) is 6.54 Å². The van der Waals surface area contributed by atoms with Crippen LogP contribution < -0.4 is 0 Å². The molecule has 0 radical (unpaired) electrons. The zero-order valence-corrected chi connectivity index (χ0v) is 9.55. The molecule has 0 atom stereocenters. The third-order valence-corrected chi connectivity index (χ3v) is 2.56. The fourth-order valence-corrected chi connectivity index (χ4v) is 1.71. The number of para-hydroxylation sites is 1. The summed E-state index contributed by atoms with van der Waals surface area (Å²) in [7, 11) is 4.04. The van der Waals surface area contributed by atoms with Gasteiger partial charge >= 0.3 is 0 Å². The number of nitrogens with zero attached hydrogens (tertiary/aromatic N) is 3. The van der Waals surface area contributed by atoms with Gasteiger partial charge in [0.05, 0.1) is 12.1 Å². The van der Waals surface area contributed by atoms with Crippen LogP contribution >= 0.6 is 0 Å². The summed E-state index contributed by atoms with van der Waals surface area (Å²) in [5.74, 6) is 0. The minimum Gasteiger partial charge on any atom is -0.308 e. The number of aromatic nitrogens is 2. The molecule has 4 heteroatoms.